The van der Waals surface area contributed by atoms with Crippen LogP contribution < -0.4 is 0 Å². The van der Waals surface area contributed by atoms with Gasteiger partial charge in [0.2, 0.25) is 5.91 Å². The average Bonchev–Trinajstić information content (AvgIpc) is 3.14. The van der Waals surface area contributed by atoms with E-state index in [1.54, 1.807) is 30.2 Å². The lowest BCUT2D eigenvalue weighted by atomic mass is 10.1. The first-order chi connectivity index (χ1) is 11.6. The first-order valence-corrected chi connectivity index (χ1v) is 8.09. The van der Waals surface area contributed by atoms with Crippen LogP contribution in [0.5, 0.6) is 0 Å². The molecular formula is C20H20N2O2. The van der Waals surface area contributed by atoms with E-state index in [0.29, 0.717) is 29.7 Å². The molecule has 2 aromatic rings. The van der Waals surface area contributed by atoms with Gasteiger partial charge in [-0.3, -0.25) is 4.79 Å². The minimum absolute atomic E-state index is 0.0860. The zero-order valence-corrected chi connectivity index (χ0v) is 13.9. The van der Waals surface area contributed by atoms with Crippen LogP contribution in [-0.2, 0) is 11.3 Å². The van der Waals surface area contributed by atoms with Gasteiger partial charge in [-0.1, -0.05) is 19.1 Å². The molecule has 1 aliphatic carbocycles. The molecule has 4 heteroatoms. The molecule has 0 bridgehead atoms. The third kappa shape index (κ3) is 3.75. The Bertz CT molecular complexity index is 796. The molecule has 122 valence electrons. The summed E-state index contributed by atoms with van der Waals surface area (Å²) in [5, 5.41) is 8.80. The van der Waals surface area contributed by atoms with Crippen LogP contribution in [0, 0.1) is 17.2 Å². The fraction of sp³-hybridized carbons (Fsp3) is 0.300. The predicted molar refractivity (Wildman–Crippen MR) is 91.9 cm³/mol. The van der Waals surface area contributed by atoms with E-state index in [4.69, 9.17) is 9.68 Å². The lowest BCUT2D eigenvalue weighted by molar-refractivity contribution is -0.125. The van der Waals surface area contributed by atoms with E-state index in [9.17, 15) is 4.79 Å². The van der Waals surface area contributed by atoms with Crippen LogP contribution in [0.15, 0.2) is 46.9 Å². The van der Waals surface area contributed by atoms with Gasteiger partial charge in [0.1, 0.15) is 11.5 Å². The molecule has 1 aromatic heterocycles. The fourth-order valence-corrected chi connectivity index (χ4v) is 2.69. The maximum Gasteiger partial charge on any atom is 0.246 e. The smallest absolute Gasteiger partial charge is 0.246 e. The molecule has 2 unspecified atom stereocenters. The van der Waals surface area contributed by atoms with Crippen LogP contribution in [0.4, 0.5) is 0 Å². The Morgan fingerprint density at radius 3 is 2.67 bits per heavy atom. The Balaban J connectivity index is 1.57. The largest absolute Gasteiger partial charge is 0.461 e. The summed E-state index contributed by atoms with van der Waals surface area (Å²) >= 11 is 0. The van der Waals surface area contributed by atoms with Crippen LogP contribution in [0.1, 0.15) is 41.9 Å². The van der Waals surface area contributed by atoms with Crippen molar-refractivity contribution in [3.8, 4) is 6.07 Å². The highest BCUT2D eigenvalue weighted by atomic mass is 16.3. The quantitative estimate of drug-likeness (QED) is 0.784. The van der Waals surface area contributed by atoms with Crippen molar-refractivity contribution in [1.29, 1.82) is 5.26 Å². The van der Waals surface area contributed by atoms with E-state index in [2.05, 4.69) is 13.0 Å². The van der Waals surface area contributed by atoms with Crippen molar-refractivity contribution in [2.45, 2.75) is 25.8 Å². The first kappa shape index (κ1) is 16.1. The molecule has 2 atom stereocenters. The lowest BCUT2D eigenvalue weighted by Crippen LogP contribution is -2.24. The molecule has 1 saturated carbocycles. The van der Waals surface area contributed by atoms with Crippen LogP contribution in [0.3, 0.4) is 0 Å². The number of carbonyl (C=O) groups excluding carboxylic acids is 1. The lowest BCUT2D eigenvalue weighted by Gasteiger charge is -2.15. The van der Waals surface area contributed by atoms with Crippen LogP contribution in [0.2, 0.25) is 0 Å². The van der Waals surface area contributed by atoms with Crippen molar-refractivity contribution < 1.29 is 9.21 Å². The number of furan rings is 1. The highest BCUT2D eigenvalue weighted by molar-refractivity contribution is 5.91. The van der Waals surface area contributed by atoms with Crippen molar-refractivity contribution in [2.24, 2.45) is 5.92 Å². The minimum Gasteiger partial charge on any atom is -0.461 e. The predicted octanol–water partition coefficient (Wildman–Crippen LogP) is 3.95. The number of benzene rings is 1. The van der Waals surface area contributed by atoms with Gasteiger partial charge in [0.05, 0.1) is 11.6 Å². The van der Waals surface area contributed by atoms with E-state index in [1.807, 2.05) is 24.3 Å². The second-order valence-electron chi connectivity index (χ2n) is 6.40. The maximum absolute atomic E-state index is 12.2. The van der Waals surface area contributed by atoms with E-state index in [-0.39, 0.29) is 5.91 Å². The van der Waals surface area contributed by atoms with Crippen molar-refractivity contribution in [3.05, 3.63) is 65.1 Å². The molecule has 0 saturated heterocycles. The van der Waals surface area contributed by atoms with Gasteiger partial charge in [-0.05, 0) is 48.2 Å². The highest BCUT2D eigenvalue weighted by Gasteiger charge is 2.36. The molecule has 4 nitrogen and oxygen atoms in total. The number of hydrogen-bond acceptors (Lipinski definition) is 3. The van der Waals surface area contributed by atoms with Gasteiger partial charge >= 0.3 is 0 Å². The van der Waals surface area contributed by atoms with Crippen LogP contribution in [0.25, 0.3) is 6.08 Å². The Labute approximate surface area is 142 Å². The summed E-state index contributed by atoms with van der Waals surface area (Å²) in [6, 6.07) is 13.2. The van der Waals surface area contributed by atoms with Crippen molar-refractivity contribution >= 4 is 12.0 Å². The Morgan fingerprint density at radius 2 is 2.04 bits per heavy atom. The van der Waals surface area contributed by atoms with Gasteiger partial charge in [0, 0.05) is 25.6 Å². The van der Waals surface area contributed by atoms with E-state index in [1.165, 1.54) is 12.5 Å². The van der Waals surface area contributed by atoms with Gasteiger partial charge in [-0.15, -0.1) is 0 Å². The molecule has 1 aliphatic rings. The molecule has 1 heterocycles. The van der Waals surface area contributed by atoms with Crippen molar-refractivity contribution in [3.63, 3.8) is 0 Å². The van der Waals surface area contributed by atoms with Crippen LogP contribution in [-0.4, -0.2) is 17.9 Å². The van der Waals surface area contributed by atoms with Crippen LogP contribution >= 0.6 is 0 Å². The summed E-state index contributed by atoms with van der Waals surface area (Å²) in [5.41, 5.74) is 1.60. The fourth-order valence-electron chi connectivity index (χ4n) is 2.69. The molecular weight excluding hydrogens is 300 g/mol. The third-order valence-corrected chi connectivity index (χ3v) is 4.39. The van der Waals surface area contributed by atoms with Crippen molar-refractivity contribution in [2.75, 3.05) is 7.05 Å². The standard InChI is InChI=1S/C20H20N2O2/c1-14-11-18(14)19-9-7-17(24-19)8-10-20(23)22(2)13-16-5-3-15(12-21)4-6-16/h3-10,14,18H,11,13H2,1-2H3/b10-8+. The molecule has 0 radical (unpaired) electrons. The molecule has 1 aromatic carbocycles. The average molecular weight is 320 g/mol. The summed E-state index contributed by atoms with van der Waals surface area (Å²) in [6.07, 6.45) is 4.43. The van der Waals surface area contributed by atoms with E-state index in [0.717, 1.165) is 11.3 Å². The summed E-state index contributed by atoms with van der Waals surface area (Å²) in [6.45, 7) is 2.71. The number of carbonyl (C=O) groups is 1. The molecule has 0 spiro atoms. The summed E-state index contributed by atoms with van der Waals surface area (Å²) in [5.74, 6) is 2.89. The van der Waals surface area contributed by atoms with Gasteiger partial charge < -0.3 is 9.32 Å². The SMILES string of the molecule is CC1CC1c1ccc(/C=C/C(=O)N(C)Cc2ccc(C#N)cc2)o1. The molecule has 3 rings (SSSR count). The molecule has 0 aliphatic heterocycles. The zero-order valence-electron chi connectivity index (χ0n) is 13.9. The molecule has 24 heavy (non-hydrogen) atoms. The summed E-state index contributed by atoms with van der Waals surface area (Å²) in [4.78, 5) is 13.8. The Kier molecular flexibility index (Phi) is 4.52. The highest BCUT2D eigenvalue weighted by Crippen LogP contribution is 2.47. The van der Waals surface area contributed by atoms with Gasteiger partial charge in [0.15, 0.2) is 0 Å². The number of nitrogens with zero attached hydrogens (tertiary/aromatic N) is 2. The molecule has 1 amide bonds. The van der Waals surface area contributed by atoms with Crippen molar-refractivity contribution in [1.82, 2.24) is 4.90 Å². The Morgan fingerprint density at radius 1 is 1.33 bits per heavy atom. The number of rotatable bonds is 5. The minimum atomic E-state index is -0.0860. The first-order valence-electron chi connectivity index (χ1n) is 8.09. The van der Waals surface area contributed by atoms with Gasteiger partial charge in [-0.2, -0.15) is 5.26 Å². The number of amides is 1. The topological polar surface area (TPSA) is 57.2 Å². The number of hydrogen-bond donors (Lipinski definition) is 0. The second-order valence-corrected chi connectivity index (χ2v) is 6.40. The second kappa shape index (κ2) is 6.76. The zero-order chi connectivity index (χ0) is 17.1. The van der Waals surface area contributed by atoms with Gasteiger partial charge in [-0.25, -0.2) is 0 Å². The molecule has 1 fully saturated rings. The normalized spacial score (nSPS) is 19.2. The monoisotopic (exact) mass is 320 g/mol. The summed E-state index contributed by atoms with van der Waals surface area (Å²) in [7, 11) is 1.75. The maximum atomic E-state index is 12.2. The number of nitriles is 1. The Hall–Kier alpha value is -2.80. The number of likely N-dealkylation sites (N-methyl/N-ethyl adjacent to an activating group) is 1. The van der Waals surface area contributed by atoms with E-state index >= 15 is 0 Å². The van der Waals surface area contributed by atoms with E-state index < -0.39 is 0 Å². The van der Waals surface area contributed by atoms with Gasteiger partial charge in [0.25, 0.3) is 0 Å². The third-order valence-electron chi connectivity index (χ3n) is 4.39. The molecule has 0 N–H and O–H groups in total. The summed E-state index contributed by atoms with van der Waals surface area (Å²) < 4.78 is 5.76.